The summed E-state index contributed by atoms with van der Waals surface area (Å²) in [6, 6.07) is 8.40. The molecule has 1 atom stereocenters. The van der Waals surface area contributed by atoms with Crippen molar-refractivity contribution in [2.45, 2.75) is 39.7 Å². The number of carbonyl (C=O) groups is 1. The molecular formula is C16H20O3. The van der Waals surface area contributed by atoms with Crippen LogP contribution in [-0.4, -0.2) is 18.7 Å². The number of hydrogen-bond donors (Lipinski definition) is 0. The Kier molecular flexibility index (Phi) is 4.25. The van der Waals surface area contributed by atoms with Crippen molar-refractivity contribution in [1.82, 2.24) is 0 Å². The third-order valence-electron chi connectivity index (χ3n) is 3.31. The first kappa shape index (κ1) is 13.7. The molecule has 0 radical (unpaired) electrons. The fourth-order valence-electron chi connectivity index (χ4n) is 2.28. The molecule has 1 aromatic carbocycles. The van der Waals surface area contributed by atoms with Gasteiger partial charge in [-0.05, 0) is 26.3 Å². The van der Waals surface area contributed by atoms with E-state index in [2.05, 4.69) is 31.2 Å². The van der Waals surface area contributed by atoms with Crippen molar-refractivity contribution in [2.24, 2.45) is 0 Å². The summed E-state index contributed by atoms with van der Waals surface area (Å²) in [5.41, 5.74) is 3.16. The first-order valence-corrected chi connectivity index (χ1v) is 6.69. The summed E-state index contributed by atoms with van der Waals surface area (Å²) in [6.45, 7) is 6.12. The Hall–Kier alpha value is -1.77. The minimum absolute atomic E-state index is 0.0436. The van der Waals surface area contributed by atoms with Gasteiger partial charge in [0.05, 0.1) is 12.2 Å². The monoisotopic (exact) mass is 260 g/mol. The molecule has 0 saturated carbocycles. The van der Waals surface area contributed by atoms with Crippen LogP contribution < -0.4 is 0 Å². The van der Waals surface area contributed by atoms with E-state index in [4.69, 9.17) is 9.47 Å². The second kappa shape index (κ2) is 5.91. The van der Waals surface area contributed by atoms with Crippen LogP contribution in [0, 0.1) is 6.92 Å². The van der Waals surface area contributed by atoms with Crippen LogP contribution in [0.1, 0.15) is 31.4 Å². The lowest BCUT2D eigenvalue weighted by molar-refractivity contribution is -0.138. The van der Waals surface area contributed by atoms with E-state index in [1.807, 2.05) is 13.8 Å². The van der Waals surface area contributed by atoms with Crippen LogP contribution in [-0.2, 0) is 20.7 Å². The van der Waals surface area contributed by atoms with Crippen LogP contribution in [0.3, 0.4) is 0 Å². The van der Waals surface area contributed by atoms with E-state index < -0.39 is 0 Å². The van der Waals surface area contributed by atoms with Gasteiger partial charge in [0.2, 0.25) is 0 Å². The van der Waals surface area contributed by atoms with Gasteiger partial charge in [-0.1, -0.05) is 29.8 Å². The molecule has 0 N–H and O–H groups in total. The second-order valence-corrected chi connectivity index (χ2v) is 4.89. The van der Waals surface area contributed by atoms with Gasteiger partial charge in [-0.3, -0.25) is 0 Å². The molecule has 2 rings (SSSR count). The predicted molar refractivity (Wildman–Crippen MR) is 73.7 cm³/mol. The van der Waals surface area contributed by atoms with Crippen molar-refractivity contribution in [3.05, 3.63) is 46.7 Å². The van der Waals surface area contributed by atoms with Crippen molar-refractivity contribution in [3.8, 4) is 0 Å². The number of aryl methyl sites for hydroxylation is 1. The van der Waals surface area contributed by atoms with E-state index in [0.717, 1.165) is 6.42 Å². The van der Waals surface area contributed by atoms with Gasteiger partial charge < -0.3 is 9.47 Å². The SMILES string of the molecule is CCOC(=O)C1=C(C)OC(Cc2ccc(C)cc2)C1. The molecule has 1 heterocycles. The highest BCUT2D eigenvalue weighted by atomic mass is 16.5. The maximum Gasteiger partial charge on any atom is 0.337 e. The zero-order valence-corrected chi connectivity index (χ0v) is 11.7. The molecule has 1 aliphatic heterocycles. The van der Waals surface area contributed by atoms with Crippen LogP contribution in [0.5, 0.6) is 0 Å². The first-order chi connectivity index (χ1) is 9.10. The smallest absolute Gasteiger partial charge is 0.337 e. The highest BCUT2D eigenvalue weighted by molar-refractivity contribution is 5.89. The van der Waals surface area contributed by atoms with Crippen LogP contribution in [0.4, 0.5) is 0 Å². The standard InChI is InChI=1S/C16H20O3/c1-4-18-16(17)15-10-14(19-12(15)3)9-13-7-5-11(2)6-8-13/h5-8,14H,4,9-10H2,1-3H3. The van der Waals surface area contributed by atoms with E-state index in [0.29, 0.717) is 24.4 Å². The van der Waals surface area contributed by atoms with Crippen molar-refractivity contribution >= 4 is 5.97 Å². The zero-order valence-electron chi connectivity index (χ0n) is 11.7. The summed E-state index contributed by atoms with van der Waals surface area (Å²) in [6.07, 6.45) is 1.50. The van der Waals surface area contributed by atoms with E-state index in [-0.39, 0.29) is 12.1 Å². The van der Waals surface area contributed by atoms with Gasteiger partial charge in [0, 0.05) is 12.8 Å². The number of esters is 1. The van der Waals surface area contributed by atoms with Gasteiger partial charge in [0.1, 0.15) is 11.9 Å². The number of rotatable bonds is 4. The Morgan fingerprint density at radius 3 is 2.63 bits per heavy atom. The summed E-state index contributed by atoms with van der Waals surface area (Å²) >= 11 is 0. The van der Waals surface area contributed by atoms with Crippen LogP contribution >= 0.6 is 0 Å². The minimum atomic E-state index is -0.244. The van der Waals surface area contributed by atoms with Crippen LogP contribution in [0.25, 0.3) is 0 Å². The topological polar surface area (TPSA) is 35.5 Å². The maximum atomic E-state index is 11.7. The molecule has 0 fully saturated rings. The lowest BCUT2D eigenvalue weighted by Crippen LogP contribution is -2.12. The molecule has 0 spiro atoms. The minimum Gasteiger partial charge on any atom is -0.494 e. The zero-order chi connectivity index (χ0) is 13.8. The van der Waals surface area contributed by atoms with Crippen molar-refractivity contribution in [2.75, 3.05) is 6.61 Å². The van der Waals surface area contributed by atoms with Gasteiger partial charge in [-0.25, -0.2) is 4.79 Å². The average molecular weight is 260 g/mol. The van der Waals surface area contributed by atoms with E-state index in [1.165, 1.54) is 11.1 Å². The lowest BCUT2D eigenvalue weighted by atomic mass is 10.0. The molecule has 3 nitrogen and oxygen atoms in total. The van der Waals surface area contributed by atoms with Gasteiger partial charge in [0.15, 0.2) is 0 Å². The Labute approximate surface area is 114 Å². The summed E-state index contributed by atoms with van der Waals surface area (Å²) in [7, 11) is 0. The van der Waals surface area contributed by atoms with Crippen molar-refractivity contribution in [1.29, 1.82) is 0 Å². The molecule has 0 saturated heterocycles. The van der Waals surface area contributed by atoms with E-state index in [9.17, 15) is 4.79 Å². The van der Waals surface area contributed by atoms with Crippen LogP contribution in [0.2, 0.25) is 0 Å². The molecule has 3 heteroatoms. The first-order valence-electron chi connectivity index (χ1n) is 6.69. The van der Waals surface area contributed by atoms with Crippen molar-refractivity contribution < 1.29 is 14.3 Å². The quantitative estimate of drug-likeness (QED) is 0.780. The highest BCUT2D eigenvalue weighted by Gasteiger charge is 2.28. The van der Waals surface area contributed by atoms with E-state index in [1.54, 1.807) is 0 Å². The van der Waals surface area contributed by atoms with Gasteiger partial charge in [-0.15, -0.1) is 0 Å². The third kappa shape index (κ3) is 3.37. The Bertz CT molecular complexity index is 485. The fraction of sp³-hybridized carbons (Fsp3) is 0.438. The molecule has 102 valence electrons. The summed E-state index contributed by atoms with van der Waals surface area (Å²) < 4.78 is 10.8. The van der Waals surface area contributed by atoms with Crippen molar-refractivity contribution in [3.63, 3.8) is 0 Å². The van der Waals surface area contributed by atoms with Gasteiger partial charge >= 0.3 is 5.97 Å². The van der Waals surface area contributed by atoms with Gasteiger partial charge in [0.25, 0.3) is 0 Å². The average Bonchev–Trinajstić information content (AvgIpc) is 2.74. The van der Waals surface area contributed by atoms with Gasteiger partial charge in [-0.2, -0.15) is 0 Å². The molecule has 1 aliphatic rings. The molecular weight excluding hydrogens is 240 g/mol. The predicted octanol–water partition coefficient (Wildman–Crippen LogP) is 3.16. The Morgan fingerprint density at radius 1 is 1.32 bits per heavy atom. The largest absolute Gasteiger partial charge is 0.494 e. The maximum absolute atomic E-state index is 11.7. The molecule has 0 bridgehead atoms. The summed E-state index contributed by atoms with van der Waals surface area (Å²) in [5, 5.41) is 0. The van der Waals surface area contributed by atoms with Crippen LogP contribution in [0.15, 0.2) is 35.6 Å². The molecule has 0 amide bonds. The summed E-state index contributed by atoms with van der Waals surface area (Å²) in [4.78, 5) is 11.7. The molecule has 1 aromatic rings. The number of ether oxygens (including phenoxy) is 2. The Balaban J connectivity index is 1.96. The third-order valence-corrected chi connectivity index (χ3v) is 3.31. The number of benzene rings is 1. The molecule has 0 aromatic heterocycles. The number of allylic oxidation sites excluding steroid dienone is 1. The second-order valence-electron chi connectivity index (χ2n) is 4.89. The molecule has 0 aliphatic carbocycles. The highest BCUT2D eigenvalue weighted by Crippen LogP contribution is 2.28. The molecule has 1 unspecified atom stereocenters. The normalized spacial score (nSPS) is 18.4. The summed E-state index contributed by atoms with van der Waals surface area (Å²) in [5.74, 6) is 0.460. The fourth-order valence-corrected chi connectivity index (χ4v) is 2.28. The van der Waals surface area contributed by atoms with E-state index >= 15 is 0 Å². The number of hydrogen-bond acceptors (Lipinski definition) is 3. The Morgan fingerprint density at radius 2 is 2.00 bits per heavy atom. The lowest BCUT2D eigenvalue weighted by Gasteiger charge is -2.11. The molecule has 19 heavy (non-hydrogen) atoms. The number of carbonyl (C=O) groups excluding carboxylic acids is 1.